The molecule has 0 bridgehead atoms. The van der Waals surface area contributed by atoms with Gasteiger partial charge in [-0.15, -0.1) is 11.3 Å². The summed E-state index contributed by atoms with van der Waals surface area (Å²) in [5.41, 5.74) is -3.47. The molecule has 0 aromatic carbocycles. The van der Waals surface area contributed by atoms with Crippen LogP contribution < -0.4 is 0 Å². The summed E-state index contributed by atoms with van der Waals surface area (Å²) in [6.45, 7) is 4.45. The Morgan fingerprint density at radius 3 is 2.74 bits per heavy atom. The minimum atomic E-state index is -2.28. The molecule has 0 spiro atoms. The van der Waals surface area contributed by atoms with E-state index in [0.29, 0.717) is 6.42 Å². The van der Waals surface area contributed by atoms with Gasteiger partial charge in [0.15, 0.2) is 29.1 Å². The summed E-state index contributed by atoms with van der Waals surface area (Å²) in [5, 5.41) is 23.8. The van der Waals surface area contributed by atoms with E-state index in [4.69, 9.17) is 9.47 Å². The van der Waals surface area contributed by atoms with Gasteiger partial charge in [-0.1, -0.05) is 13.0 Å². The number of pyridine rings is 1. The number of hydrogen-bond acceptors (Lipinski definition) is 8. The monoisotopic (exact) mass is 611 g/mol. The van der Waals surface area contributed by atoms with Crippen molar-refractivity contribution in [3.05, 3.63) is 75.3 Å². The van der Waals surface area contributed by atoms with Crippen molar-refractivity contribution in [2.24, 2.45) is 22.7 Å². The van der Waals surface area contributed by atoms with Gasteiger partial charge in [0.1, 0.15) is 12.8 Å². The molecule has 10 heteroatoms. The Morgan fingerprint density at radius 2 is 2.00 bits per heavy atom. The predicted molar refractivity (Wildman–Crippen MR) is 154 cm³/mol. The molecular formula is C33H35F2NO6S. The minimum absolute atomic E-state index is 0.0451. The molecule has 43 heavy (non-hydrogen) atoms. The van der Waals surface area contributed by atoms with Gasteiger partial charge >= 0.3 is 0 Å². The molecule has 4 aliphatic carbocycles. The molecule has 3 saturated carbocycles. The number of ether oxygens (including phenoxy) is 2. The van der Waals surface area contributed by atoms with Crippen LogP contribution in [0.2, 0.25) is 0 Å². The molecule has 1 saturated heterocycles. The normalized spacial score (nSPS) is 43.0. The molecule has 7 rings (SSSR count). The molecule has 7 nitrogen and oxygen atoms in total. The highest BCUT2D eigenvalue weighted by Gasteiger charge is 2.80. The average molecular weight is 612 g/mol. The molecule has 0 amide bonds. The fourth-order valence-electron chi connectivity index (χ4n) is 9.25. The topological polar surface area (TPSA) is 106 Å². The predicted octanol–water partition coefficient (Wildman–Crippen LogP) is 4.69. The first kappa shape index (κ1) is 29.1. The van der Waals surface area contributed by atoms with E-state index in [0.717, 1.165) is 27.8 Å². The van der Waals surface area contributed by atoms with E-state index in [-0.39, 0.29) is 24.8 Å². The number of alkyl halides is 2. The number of rotatable bonds is 5. The lowest BCUT2D eigenvalue weighted by Gasteiger charge is -2.63. The Labute approximate surface area is 252 Å². The number of aromatic nitrogens is 1. The first-order chi connectivity index (χ1) is 20.4. The number of aliphatic hydroxyl groups excluding tert-OH is 2. The highest BCUT2D eigenvalue weighted by molar-refractivity contribution is 7.10. The van der Waals surface area contributed by atoms with Crippen LogP contribution in [0.4, 0.5) is 8.78 Å². The second kappa shape index (κ2) is 9.68. The van der Waals surface area contributed by atoms with Crippen molar-refractivity contribution in [1.29, 1.82) is 0 Å². The molecule has 0 unspecified atom stereocenters. The zero-order chi connectivity index (χ0) is 30.5. The lowest BCUT2D eigenvalue weighted by atomic mass is 9.44. The van der Waals surface area contributed by atoms with E-state index < -0.39 is 76.8 Å². The maximum Gasteiger partial charge on any atom is 0.194 e. The van der Waals surface area contributed by atoms with Crippen LogP contribution in [-0.4, -0.2) is 63.0 Å². The number of carbonyl (C=O) groups is 2. The second-order valence-electron chi connectivity index (χ2n) is 13.3. The van der Waals surface area contributed by atoms with E-state index >= 15 is 8.78 Å². The highest BCUT2D eigenvalue weighted by Crippen LogP contribution is 2.72. The van der Waals surface area contributed by atoms with Gasteiger partial charge in [-0.25, -0.2) is 8.78 Å². The van der Waals surface area contributed by atoms with Gasteiger partial charge in [-0.3, -0.25) is 14.6 Å². The first-order valence-corrected chi connectivity index (χ1v) is 15.7. The zero-order valence-electron chi connectivity index (χ0n) is 24.3. The van der Waals surface area contributed by atoms with Crippen molar-refractivity contribution in [1.82, 2.24) is 4.98 Å². The standard InChI is InChI=1S/C33H35F2NO6S/c1-17-8-18(5-7-36-17)9-19-10-25(43-16-19)29-41-28-13-21-22-12-24(34)23-11-20(38)4-6-30(23,2)32(22,35)26(39)14-31(21,3)33(28,42-29)27(40)15-37/h4-8,10-11,16,21-22,24,26,28-29,37,39H,9,12-15H2,1-3H3/t21-,22-,24-,26-,28+,29+,30-,31-,32-,33+/m0/s1. The maximum atomic E-state index is 17.5. The molecule has 5 aliphatic rings. The summed E-state index contributed by atoms with van der Waals surface area (Å²) in [6.07, 6.45) is 1.19. The summed E-state index contributed by atoms with van der Waals surface area (Å²) >= 11 is 1.45. The number of carbonyl (C=O) groups excluding carboxylic acids is 2. The third-order valence-corrected chi connectivity index (χ3v) is 12.2. The van der Waals surface area contributed by atoms with E-state index in [1.54, 1.807) is 20.0 Å². The van der Waals surface area contributed by atoms with Crippen LogP contribution in [-0.2, 0) is 25.5 Å². The molecule has 2 N–H and O–H groups in total. The number of allylic oxidation sites excluding steroid dienone is 4. The van der Waals surface area contributed by atoms with Gasteiger partial charge in [-0.2, -0.15) is 0 Å². The van der Waals surface area contributed by atoms with Crippen LogP contribution in [0.5, 0.6) is 0 Å². The first-order valence-electron chi connectivity index (χ1n) is 14.8. The highest BCUT2D eigenvalue weighted by atomic mass is 32.1. The number of fused-ring (bicyclic) bond motifs is 7. The fraction of sp³-hybridized carbons (Fsp3) is 0.545. The third kappa shape index (κ3) is 3.79. The van der Waals surface area contributed by atoms with Gasteiger partial charge < -0.3 is 19.7 Å². The fourth-order valence-corrected chi connectivity index (χ4v) is 10.1. The Balaban J connectivity index is 1.23. The van der Waals surface area contributed by atoms with Gasteiger partial charge in [0, 0.05) is 28.6 Å². The summed E-state index contributed by atoms with van der Waals surface area (Å²) in [6, 6.07) is 5.96. The molecule has 228 valence electrons. The van der Waals surface area contributed by atoms with Crippen molar-refractivity contribution >= 4 is 22.9 Å². The molecule has 3 heterocycles. The van der Waals surface area contributed by atoms with Gasteiger partial charge in [0.05, 0.1) is 17.1 Å². The van der Waals surface area contributed by atoms with Crippen LogP contribution in [0.3, 0.4) is 0 Å². The molecule has 0 radical (unpaired) electrons. The number of thiophene rings is 1. The molecule has 2 aromatic rings. The second-order valence-corrected chi connectivity index (χ2v) is 14.3. The molecule has 4 fully saturated rings. The van der Waals surface area contributed by atoms with Crippen LogP contribution in [0, 0.1) is 29.6 Å². The maximum absolute atomic E-state index is 17.5. The van der Waals surface area contributed by atoms with Crippen LogP contribution in [0.1, 0.15) is 61.1 Å². The SMILES string of the molecule is Cc1cc(Cc2csc([C@@H]3O[C@@H]4C[C@H]5[C@@H]6C[C@H](F)C7=CC(=O)C=C[C@]7(C)[C@@]6(F)[C@@H](O)C[C@]5(C)[C@]4(C(=O)CO)O3)c2)ccn1. The minimum Gasteiger partial charge on any atom is -0.390 e. The molecule has 1 aliphatic heterocycles. The Kier molecular flexibility index (Phi) is 6.55. The van der Waals surface area contributed by atoms with Gasteiger partial charge in [-0.05, 0) is 97.9 Å². The number of aliphatic hydroxyl groups is 2. The Bertz CT molecular complexity index is 1570. The van der Waals surface area contributed by atoms with E-state index in [2.05, 4.69) is 4.98 Å². The lowest BCUT2D eigenvalue weighted by Crippen LogP contribution is -2.70. The summed E-state index contributed by atoms with van der Waals surface area (Å²) in [4.78, 5) is 30.8. The summed E-state index contributed by atoms with van der Waals surface area (Å²) < 4.78 is 46.3. The van der Waals surface area contributed by atoms with Crippen molar-refractivity contribution in [3.8, 4) is 0 Å². The largest absolute Gasteiger partial charge is 0.390 e. The number of ketones is 2. The van der Waals surface area contributed by atoms with Crippen LogP contribution in [0.25, 0.3) is 0 Å². The van der Waals surface area contributed by atoms with Crippen LogP contribution >= 0.6 is 11.3 Å². The Hall–Kier alpha value is -2.63. The molecular weight excluding hydrogens is 576 g/mol. The quantitative estimate of drug-likeness (QED) is 0.506. The Morgan fingerprint density at radius 1 is 1.21 bits per heavy atom. The average Bonchev–Trinajstić information content (AvgIpc) is 3.64. The van der Waals surface area contributed by atoms with Gasteiger partial charge in [0.2, 0.25) is 0 Å². The van der Waals surface area contributed by atoms with Crippen molar-refractivity contribution < 1.29 is 38.1 Å². The van der Waals surface area contributed by atoms with Crippen molar-refractivity contribution in [2.75, 3.05) is 6.61 Å². The van der Waals surface area contributed by atoms with E-state index in [1.165, 1.54) is 23.5 Å². The van der Waals surface area contributed by atoms with Crippen molar-refractivity contribution in [2.45, 2.75) is 82.4 Å². The van der Waals surface area contributed by atoms with Crippen LogP contribution in [0.15, 0.2) is 53.6 Å². The molecule has 10 atom stereocenters. The number of hydrogen-bond donors (Lipinski definition) is 2. The smallest absolute Gasteiger partial charge is 0.194 e. The summed E-state index contributed by atoms with van der Waals surface area (Å²) in [5.74, 6) is -2.56. The number of halogens is 2. The van der Waals surface area contributed by atoms with E-state index in [9.17, 15) is 19.8 Å². The third-order valence-electron chi connectivity index (χ3n) is 11.2. The zero-order valence-corrected chi connectivity index (χ0v) is 25.1. The van der Waals surface area contributed by atoms with Gasteiger partial charge in [0.25, 0.3) is 0 Å². The lowest BCUT2D eigenvalue weighted by molar-refractivity contribution is -0.234. The number of nitrogens with zero attached hydrogens (tertiary/aromatic N) is 1. The molecule has 2 aromatic heterocycles. The summed E-state index contributed by atoms with van der Waals surface area (Å²) in [7, 11) is 0. The number of aryl methyl sites for hydroxylation is 1. The van der Waals surface area contributed by atoms with E-state index in [1.807, 2.05) is 30.5 Å². The van der Waals surface area contributed by atoms with Crippen molar-refractivity contribution in [3.63, 3.8) is 0 Å². The number of Topliss-reactive ketones (excluding diaryl/α,β-unsaturated/α-hetero) is 1.